The molecule has 1 heterocycles. The van der Waals surface area contributed by atoms with E-state index in [-0.39, 0.29) is 86.6 Å². The second kappa shape index (κ2) is 35.8. The van der Waals surface area contributed by atoms with Crippen molar-refractivity contribution >= 4 is 35.0 Å². The average molecular weight is 1260 g/mol. The number of amides is 3. The lowest BCUT2D eigenvalue weighted by Gasteiger charge is -2.36. The van der Waals surface area contributed by atoms with Crippen LogP contribution in [0.25, 0.3) is 0 Å². The fourth-order valence-electron chi connectivity index (χ4n) is 10.3. The van der Waals surface area contributed by atoms with Crippen molar-refractivity contribution in [3.63, 3.8) is 0 Å². The Kier molecular flexibility index (Phi) is 34.5. The summed E-state index contributed by atoms with van der Waals surface area (Å²) in [5.74, 6) is 1.44. The van der Waals surface area contributed by atoms with Crippen molar-refractivity contribution in [2.45, 2.75) is 296 Å². The van der Waals surface area contributed by atoms with Crippen LogP contribution in [0.2, 0.25) is 0 Å². The maximum atomic E-state index is 12.3. The highest BCUT2D eigenvalue weighted by molar-refractivity contribution is 5.99. The van der Waals surface area contributed by atoms with E-state index in [1.54, 1.807) is 0 Å². The van der Waals surface area contributed by atoms with E-state index in [1.807, 2.05) is 81.4 Å². The van der Waals surface area contributed by atoms with E-state index in [0.29, 0.717) is 49.3 Å². The van der Waals surface area contributed by atoms with Gasteiger partial charge in [-0.1, -0.05) is 307 Å². The molecule has 516 valence electrons. The van der Waals surface area contributed by atoms with E-state index in [0.717, 1.165) is 49.2 Å². The van der Waals surface area contributed by atoms with Gasteiger partial charge in [-0.25, -0.2) is 0 Å². The quantitative estimate of drug-likeness (QED) is 0.137. The molecular formula is C83H139N3O5. The van der Waals surface area contributed by atoms with Crippen LogP contribution in [0.1, 0.15) is 310 Å². The number of Topliss-reactive ketones (excluding diaryl/α,β-unsaturated/α-hetero) is 2. The zero-order valence-electron chi connectivity index (χ0n) is 62.5. The van der Waals surface area contributed by atoms with Gasteiger partial charge in [-0.05, 0) is 121 Å². The van der Waals surface area contributed by atoms with Gasteiger partial charge in [-0.15, -0.1) is 0 Å². The number of ketones is 2. The first kappa shape index (κ1) is 87.7. The molecule has 5 rings (SSSR count). The normalized spacial score (nSPS) is 14.3. The number of rotatable bonds is 12. The number of carbonyl (C=O) groups excluding carboxylic acids is 5. The molecule has 2 N–H and O–H groups in total. The number of carbonyl (C=O) groups is 5. The van der Waals surface area contributed by atoms with Gasteiger partial charge in [-0.2, -0.15) is 0 Å². The van der Waals surface area contributed by atoms with Crippen LogP contribution in [0.3, 0.4) is 0 Å². The summed E-state index contributed by atoms with van der Waals surface area (Å²) in [6.07, 6.45) is 6.87. The second-order valence-corrected chi connectivity index (χ2v) is 36.5. The number of nitrogens with zero attached hydrogens (tertiary/aromatic N) is 1. The van der Waals surface area contributed by atoms with Gasteiger partial charge in [0.2, 0.25) is 11.8 Å². The summed E-state index contributed by atoms with van der Waals surface area (Å²) in [6.45, 7) is 66.0. The smallest absolute Gasteiger partial charge is 0.251 e. The summed E-state index contributed by atoms with van der Waals surface area (Å²) in [6, 6.07) is 34.9. The SMILES string of the molecule is C.C.CC(C)(C)C(=O)c1ccc(C(C)(C)C)cc1.CC(C)(C)CC(=O)CC(Cc1ccccc1)C(C)(C)C.CC(C)(C)CC(=O)N1CCCC1C(C)(C)C.CC(C)(C)CC(=O)Nc1ccccc1C(C)(C)C.CC(C)(C)CCNC(=O)c1ccc(C(C)(C)C)cc1. The molecule has 2 unspecified atom stereocenters. The number of para-hydroxylation sites is 1. The Morgan fingerprint density at radius 2 is 0.934 bits per heavy atom. The van der Waals surface area contributed by atoms with Gasteiger partial charge >= 0.3 is 0 Å². The van der Waals surface area contributed by atoms with Crippen LogP contribution in [0.4, 0.5) is 5.69 Å². The summed E-state index contributed by atoms with van der Waals surface area (Å²) in [4.78, 5) is 62.7. The van der Waals surface area contributed by atoms with E-state index in [2.05, 4.69) is 245 Å². The highest BCUT2D eigenvalue weighted by atomic mass is 16.2. The van der Waals surface area contributed by atoms with Crippen LogP contribution in [0.15, 0.2) is 103 Å². The Hall–Kier alpha value is -5.37. The molecule has 0 spiro atoms. The van der Waals surface area contributed by atoms with Gasteiger partial charge in [0, 0.05) is 67.0 Å². The summed E-state index contributed by atoms with van der Waals surface area (Å²) >= 11 is 0. The van der Waals surface area contributed by atoms with E-state index in [1.165, 1.54) is 28.7 Å². The summed E-state index contributed by atoms with van der Waals surface area (Å²) in [5, 5.41) is 6.01. The molecule has 0 aliphatic carbocycles. The van der Waals surface area contributed by atoms with Crippen molar-refractivity contribution in [1.29, 1.82) is 0 Å². The third-order valence-electron chi connectivity index (χ3n) is 15.6. The molecular weight excluding hydrogens is 1120 g/mol. The summed E-state index contributed by atoms with van der Waals surface area (Å²) in [5.41, 5.74) is 8.31. The molecule has 2 atom stereocenters. The largest absolute Gasteiger partial charge is 0.352 e. The monoisotopic (exact) mass is 1260 g/mol. The molecule has 1 saturated heterocycles. The van der Waals surface area contributed by atoms with Crippen molar-refractivity contribution in [2.75, 3.05) is 18.4 Å². The number of likely N-dealkylation sites (tertiary alicyclic amines) is 1. The number of nitrogens with one attached hydrogen (secondary N) is 2. The molecule has 91 heavy (non-hydrogen) atoms. The molecule has 0 aromatic heterocycles. The van der Waals surface area contributed by atoms with Crippen molar-refractivity contribution in [2.24, 2.45) is 43.8 Å². The molecule has 1 fully saturated rings. The van der Waals surface area contributed by atoms with Gasteiger partial charge in [0.25, 0.3) is 5.91 Å². The minimum absolute atomic E-state index is 0. The molecule has 8 heteroatoms. The van der Waals surface area contributed by atoms with E-state index in [4.69, 9.17) is 0 Å². The minimum Gasteiger partial charge on any atom is -0.352 e. The lowest BCUT2D eigenvalue weighted by atomic mass is 9.73. The van der Waals surface area contributed by atoms with E-state index in [9.17, 15) is 24.0 Å². The number of benzene rings is 4. The van der Waals surface area contributed by atoms with E-state index >= 15 is 0 Å². The molecule has 1 aliphatic heterocycles. The summed E-state index contributed by atoms with van der Waals surface area (Å²) < 4.78 is 0. The molecule has 4 aromatic rings. The third kappa shape index (κ3) is 36.6. The van der Waals surface area contributed by atoms with Crippen LogP contribution in [-0.2, 0) is 37.0 Å². The standard InChI is InChI=1S/C19H30O.C17H27NO.C16H25NO.C15H22O.C14H27NO.2CH4/c1-18(2,3)14-17(20)13-16(19(4,5)6)12-15-10-8-7-9-11-15;1-16(2,3)11-12-18-15(19)13-7-9-14(10-8-13)17(4,5)6;1-15(2,3)11-14(18)17-13-10-8-7-9-12(13)16(4,5)6;1-14(2,3)12-9-7-11(8-10-12)13(16)15(4,5)6;1-13(2,3)10-12(16)15-9-7-8-11(15)14(4,5)6;;/h7-11,16H,12-14H2,1-6H3;7-10H,11-12H2,1-6H3,(H,18,19);7-10H,11H2,1-6H3,(H,17,18);7-10H,1-6H3;11H,7-10H2,1-6H3;2*1H4. The first-order valence-electron chi connectivity index (χ1n) is 33.3. The second-order valence-electron chi connectivity index (χ2n) is 36.5. The average Bonchev–Trinajstić information content (AvgIpc) is 1.85. The topological polar surface area (TPSA) is 113 Å². The van der Waals surface area contributed by atoms with Crippen molar-refractivity contribution < 1.29 is 24.0 Å². The highest BCUT2D eigenvalue weighted by Gasteiger charge is 2.38. The van der Waals surface area contributed by atoms with Crippen molar-refractivity contribution in [3.05, 3.63) is 137 Å². The fourth-order valence-corrected chi connectivity index (χ4v) is 10.3. The predicted octanol–water partition coefficient (Wildman–Crippen LogP) is 22.7. The lowest BCUT2D eigenvalue weighted by Crippen LogP contribution is -2.44. The lowest BCUT2D eigenvalue weighted by molar-refractivity contribution is -0.135. The highest BCUT2D eigenvalue weighted by Crippen LogP contribution is 2.37. The number of hydrogen-bond acceptors (Lipinski definition) is 5. The van der Waals surface area contributed by atoms with Gasteiger partial charge < -0.3 is 15.5 Å². The molecule has 0 radical (unpaired) electrons. The molecule has 3 amide bonds. The van der Waals surface area contributed by atoms with Crippen LogP contribution >= 0.6 is 0 Å². The number of anilines is 1. The third-order valence-corrected chi connectivity index (χ3v) is 15.6. The Morgan fingerprint density at radius 3 is 1.33 bits per heavy atom. The van der Waals surface area contributed by atoms with Crippen LogP contribution in [0, 0.1) is 43.8 Å². The van der Waals surface area contributed by atoms with E-state index < -0.39 is 0 Å². The first-order valence-corrected chi connectivity index (χ1v) is 33.3. The first-order chi connectivity index (χ1) is 40.0. The van der Waals surface area contributed by atoms with Gasteiger partial charge in [0.05, 0.1) is 0 Å². The Labute approximate surface area is 561 Å². The zero-order valence-corrected chi connectivity index (χ0v) is 62.5. The maximum Gasteiger partial charge on any atom is 0.251 e. The van der Waals surface area contributed by atoms with Crippen LogP contribution in [0.5, 0.6) is 0 Å². The Bertz CT molecular complexity index is 2790. The molecule has 1 aliphatic rings. The Morgan fingerprint density at radius 1 is 0.495 bits per heavy atom. The molecule has 0 saturated carbocycles. The number of hydrogen-bond donors (Lipinski definition) is 2. The van der Waals surface area contributed by atoms with Gasteiger partial charge in [0.15, 0.2) is 5.78 Å². The minimum atomic E-state index is -0.302. The summed E-state index contributed by atoms with van der Waals surface area (Å²) in [7, 11) is 0. The fraction of sp³-hybridized carbons (Fsp3) is 0.651. The Balaban J connectivity index is 0. The molecule has 0 bridgehead atoms. The van der Waals surface area contributed by atoms with Crippen LogP contribution < -0.4 is 10.6 Å². The molecule has 8 nitrogen and oxygen atoms in total. The van der Waals surface area contributed by atoms with Gasteiger partial charge in [-0.3, -0.25) is 24.0 Å². The van der Waals surface area contributed by atoms with Crippen LogP contribution in [-0.4, -0.2) is 53.3 Å². The maximum absolute atomic E-state index is 12.3. The predicted molar refractivity (Wildman–Crippen MR) is 397 cm³/mol. The van der Waals surface area contributed by atoms with Crippen molar-refractivity contribution in [1.82, 2.24) is 10.2 Å². The van der Waals surface area contributed by atoms with Crippen molar-refractivity contribution in [3.8, 4) is 0 Å². The zero-order chi connectivity index (χ0) is 69.2. The molecule has 4 aromatic carbocycles. The van der Waals surface area contributed by atoms with Gasteiger partial charge in [0.1, 0.15) is 5.78 Å².